The molecule has 1 amide bonds. The van der Waals surface area contributed by atoms with E-state index in [-0.39, 0.29) is 11.7 Å². The summed E-state index contributed by atoms with van der Waals surface area (Å²) in [5.41, 5.74) is 2.93. The second-order valence-corrected chi connectivity index (χ2v) is 6.98. The van der Waals surface area contributed by atoms with Crippen molar-refractivity contribution in [2.45, 2.75) is 19.3 Å². The number of hydrogen-bond acceptors (Lipinski definition) is 5. The largest absolute Gasteiger partial charge is 0.372 e. The van der Waals surface area contributed by atoms with Crippen LogP contribution in [0.15, 0.2) is 60.9 Å². The number of halogens is 1. The van der Waals surface area contributed by atoms with E-state index in [0.717, 1.165) is 18.8 Å². The van der Waals surface area contributed by atoms with Crippen LogP contribution in [0.4, 0.5) is 27.4 Å². The molecule has 2 N–H and O–H groups in total. The second kappa shape index (κ2) is 8.68. The van der Waals surface area contributed by atoms with E-state index in [1.807, 2.05) is 24.3 Å². The number of anilines is 4. The van der Waals surface area contributed by atoms with E-state index in [1.54, 1.807) is 12.1 Å². The molecule has 1 aromatic heterocycles. The summed E-state index contributed by atoms with van der Waals surface area (Å²) in [5, 5.41) is 5.82. The van der Waals surface area contributed by atoms with Crippen molar-refractivity contribution in [3.63, 3.8) is 0 Å². The van der Waals surface area contributed by atoms with Crippen LogP contribution in [0.3, 0.4) is 0 Å². The van der Waals surface area contributed by atoms with E-state index in [0.29, 0.717) is 17.2 Å². The Balaban J connectivity index is 1.36. The maximum atomic E-state index is 13.0. The summed E-state index contributed by atoms with van der Waals surface area (Å²) in [6, 6.07) is 13.8. The van der Waals surface area contributed by atoms with Crippen molar-refractivity contribution in [3.8, 4) is 0 Å². The molecule has 1 saturated heterocycles. The van der Waals surface area contributed by atoms with Gasteiger partial charge in [-0.3, -0.25) is 4.79 Å². The lowest BCUT2D eigenvalue weighted by atomic mass is 10.1. The SMILES string of the molecule is O=C(Nc1ccc(N2CCCCC2)cc1)c1cnc(Nc2ccc(F)cc2)nc1. The molecule has 0 spiro atoms. The van der Waals surface area contributed by atoms with E-state index in [2.05, 4.69) is 25.5 Å². The van der Waals surface area contributed by atoms with Crippen molar-refractivity contribution < 1.29 is 9.18 Å². The lowest BCUT2D eigenvalue weighted by molar-refractivity contribution is 0.102. The highest BCUT2D eigenvalue weighted by molar-refractivity contribution is 6.04. The summed E-state index contributed by atoms with van der Waals surface area (Å²) in [6.07, 6.45) is 6.66. The van der Waals surface area contributed by atoms with E-state index in [1.165, 1.54) is 49.5 Å². The second-order valence-electron chi connectivity index (χ2n) is 6.98. The third kappa shape index (κ3) is 4.87. The number of nitrogens with one attached hydrogen (secondary N) is 2. The summed E-state index contributed by atoms with van der Waals surface area (Å²) in [4.78, 5) is 23.1. The van der Waals surface area contributed by atoms with Crippen LogP contribution in [-0.4, -0.2) is 29.0 Å². The van der Waals surface area contributed by atoms with Gasteiger partial charge in [-0.05, 0) is 67.8 Å². The summed E-state index contributed by atoms with van der Waals surface area (Å²) >= 11 is 0. The van der Waals surface area contributed by atoms with Gasteiger partial charge < -0.3 is 15.5 Å². The molecular formula is C22H22FN5O. The van der Waals surface area contributed by atoms with Gasteiger partial charge in [0.2, 0.25) is 5.95 Å². The first-order chi connectivity index (χ1) is 14.2. The van der Waals surface area contributed by atoms with Gasteiger partial charge in [-0.2, -0.15) is 0 Å². The van der Waals surface area contributed by atoms with Gasteiger partial charge in [-0.1, -0.05) is 0 Å². The van der Waals surface area contributed by atoms with Gasteiger partial charge in [0, 0.05) is 42.5 Å². The highest BCUT2D eigenvalue weighted by Gasteiger charge is 2.12. The first kappa shape index (κ1) is 18.9. The molecule has 7 heteroatoms. The normalized spacial score (nSPS) is 13.8. The number of nitrogens with zero attached hydrogens (tertiary/aromatic N) is 3. The van der Waals surface area contributed by atoms with Crippen LogP contribution >= 0.6 is 0 Å². The van der Waals surface area contributed by atoms with Gasteiger partial charge in [0.1, 0.15) is 5.82 Å². The van der Waals surface area contributed by atoms with Crippen molar-refractivity contribution in [1.29, 1.82) is 0 Å². The average Bonchev–Trinajstić information content (AvgIpc) is 2.77. The van der Waals surface area contributed by atoms with E-state index < -0.39 is 0 Å². The highest BCUT2D eigenvalue weighted by atomic mass is 19.1. The number of aromatic nitrogens is 2. The van der Waals surface area contributed by atoms with Crippen LogP contribution in [0.2, 0.25) is 0 Å². The number of amides is 1. The fourth-order valence-corrected chi connectivity index (χ4v) is 3.28. The first-order valence-electron chi connectivity index (χ1n) is 9.68. The van der Waals surface area contributed by atoms with Crippen molar-refractivity contribution in [1.82, 2.24) is 9.97 Å². The molecule has 0 bridgehead atoms. The molecule has 29 heavy (non-hydrogen) atoms. The van der Waals surface area contributed by atoms with Crippen LogP contribution in [0.25, 0.3) is 0 Å². The van der Waals surface area contributed by atoms with E-state index >= 15 is 0 Å². The molecule has 3 aromatic rings. The number of carbonyl (C=O) groups is 1. The number of piperidine rings is 1. The maximum Gasteiger partial charge on any atom is 0.258 e. The molecule has 6 nitrogen and oxygen atoms in total. The van der Waals surface area contributed by atoms with Crippen LogP contribution in [0.5, 0.6) is 0 Å². The number of benzene rings is 2. The smallest absolute Gasteiger partial charge is 0.258 e. The number of carbonyl (C=O) groups excluding carboxylic acids is 1. The summed E-state index contributed by atoms with van der Waals surface area (Å²) in [5.74, 6) is -0.254. The fraction of sp³-hybridized carbons (Fsp3) is 0.227. The molecule has 0 unspecified atom stereocenters. The molecule has 0 aliphatic carbocycles. The molecule has 2 heterocycles. The monoisotopic (exact) mass is 391 g/mol. The minimum atomic E-state index is -0.313. The zero-order chi connectivity index (χ0) is 20.1. The molecule has 148 valence electrons. The predicted octanol–water partition coefficient (Wildman–Crippen LogP) is 4.60. The van der Waals surface area contributed by atoms with Gasteiger partial charge in [0.15, 0.2) is 0 Å². The van der Waals surface area contributed by atoms with Crippen molar-refractivity contribution in [2.24, 2.45) is 0 Å². The molecule has 1 aliphatic rings. The number of rotatable bonds is 5. The summed E-state index contributed by atoms with van der Waals surface area (Å²) < 4.78 is 13.0. The van der Waals surface area contributed by atoms with Gasteiger partial charge in [0.25, 0.3) is 5.91 Å². The Morgan fingerprint density at radius 3 is 2.14 bits per heavy atom. The van der Waals surface area contributed by atoms with E-state index in [4.69, 9.17) is 0 Å². The molecule has 4 rings (SSSR count). The molecule has 2 aromatic carbocycles. The van der Waals surface area contributed by atoms with Crippen LogP contribution in [-0.2, 0) is 0 Å². The van der Waals surface area contributed by atoms with Crippen LogP contribution in [0.1, 0.15) is 29.6 Å². The fourth-order valence-electron chi connectivity index (χ4n) is 3.28. The summed E-state index contributed by atoms with van der Waals surface area (Å²) in [6.45, 7) is 2.17. The van der Waals surface area contributed by atoms with Gasteiger partial charge in [-0.25, -0.2) is 14.4 Å². The summed E-state index contributed by atoms with van der Waals surface area (Å²) in [7, 11) is 0. The van der Waals surface area contributed by atoms with Crippen molar-refractivity contribution >= 4 is 28.9 Å². The quantitative estimate of drug-likeness (QED) is 0.665. The Hall–Kier alpha value is -3.48. The van der Waals surface area contributed by atoms with E-state index in [9.17, 15) is 9.18 Å². The van der Waals surface area contributed by atoms with Crippen LogP contribution in [0, 0.1) is 5.82 Å². The Bertz CT molecular complexity index is 952. The molecule has 0 atom stereocenters. The lowest BCUT2D eigenvalue weighted by Crippen LogP contribution is -2.29. The highest BCUT2D eigenvalue weighted by Crippen LogP contribution is 2.22. The topological polar surface area (TPSA) is 70.2 Å². The van der Waals surface area contributed by atoms with Gasteiger partial charge >= 0.3 is 0 Å². The zero-order valence-corrected chi connectivity index (χ0v) is 15.9. The lowest BCUT2D eigenvalue weighted by Gasteiger charge is -2.28. The zero-order valence-electron chi connectivity index (χ0n) is 15.9. The Morgan fingerprint density at radius 1 is 0.862 bits per heavy atom. The van der Waals surface area contributed by atoms with Crippen LogP contribution < -0.4 is 15.5 Å². The Labute approximate surface area is 168 Å². The number of hydrogen-bond donors (Lipinski definition) is 2. The molecule has 1 fully saturated rings. The third-order valence-corrected chi connectivity index (χ3v) is 4.86. The minimum Gasteiger partial charge on any atom is -0.372 e. The van der Waals surface area contributed by atoms with Gasteiger partial charge in [-0.15, -0.1) is 0 Å². The molecule has 0 radical (unpaired) electrons. The standard InChI is InChI=1S/C22H22FN5O/c23-17-4-6-19(7-5-17)27-22-24-14-16(15-25-22)21(29)26-18-8-10-20(11-9-18)28-12-2-1-3-13-28/h4-11,14-15H,1-3,12-13H2,(H,26,29)(H,24,25,27). The predicted molar refractivity (Wildman–Crippen MR) is 112 cm³/mol. The first-order valence-corrected chi connectivity index (χ1v) is 9.68. The minimum absolute atomic E-state index is 0.274. The van der Waals surface area contributed by atoms with Gasteiger partial charge in [0.05, 0.1) is 5.56 Å². The Morgan fingerprint density at radius 2 is 1.48 bits per heavy atom. The third-order valence-electron chi connectivity index (χ3n) is 4.86. The van der Waals surface area contributed by atoms with Crippen molar-refractivity contribution in [2.75, 3.05) is 28.6 Å². The molecule has 0 saturated carbocycles. The van der Waals surface area contributed by atoms with Crippen molar-refractivity contribution in [3.05, 3.63) is 72.3 Å². The maximum absolute atomic E-state index is 13.0. The molecule has 1 aliphatic heterocycles. The Kier molecular flexibility index (Phi) is 5.65. The average molecular weight is 391 g/mol. The molecular weight excluding hydrogens is 369 g/mol.